The first-order valence-electron chi connectivity index (χ1n) is 6.11. The summed E-state index contributed by atoms with van der Waals surface area (Å²) in [6.07, 6.45) is 2.34. The number of piperidine rings is 1. The molecule has 18 heavy (non-hydrogen) atoms. The van der Waals surface area contributed by atoms with Crippen LogP contribution < -0.4 is 10.6 Å². The number of nitrogens with one attached hydrogen (secondary N) is 2. The van der Waals surface area contributed by atoms with Gasteiger partial charge in [-0.05, 0) is 50.0 Å². The van der Waals surface area contributed by atoms with Gasteiger partial charge in [-0.25, -0.2) is 0 Å². The highest BCUT2D eigenvalue weighted by Crippen LogP contribution is 2.22. The zero-order valence-corrected chi connectivity index (χ0v) is 11.5. The van der Waals surface area contributed by atoms with Crippen LogP contribution in [-0.2, 0) is 0 Å². The lowest BCUT2D eigenvalue weighted by Gasteiger charge is -2.22. The van der Waals surface area contributed by atoms with Gasteiger partial charge in [0.15, 0.2) is 0 Å². The number of hydrogen-bond donors (Lipinski definition) is 2. The highest BCUT2D eigenvalue weighted by atomic mass is 35.5. The number of benzene rings is 1. The fourth-order valence-corrected chi connectivity index (χ4v) is 2.37. The first kappa shape index (κ1) is 13.7. The lowest BCUT2D eigenvalue weighted by Crippen LogP contribution is -2.38. The summed E-state index contributed by atoms with van der Waals surface area (Å²) in [5, 5.41) is 7.13. The maximum atomic E-state index is 11.9. The van der Waals surface area contributed by atoms with Crippen LogP contribution >= 0.6 is 23.2 Å². The van der Waals surface area contributed by atoms with Gasteiger partial charge in [0.2, 0.25) is 0 Å². The van der Waals surface area contributed by atoms with E-state index in [0.717, 1.165) is 19.5 Å². The Labute approximate surface area is 117 Å². The molecule has 1 unspecified atom stereocenters. The highest BCUT2D eigenvalue weighted by molar-refractivity contribution is 6.42. The molecule has 5 heteroatoms. The molecule has 1 amide bonds. The van der Waals surface area contributed by atoms with E-state index in [0.29, 0.717) is 28.1 Å². The van der Waals surface area contributed by atoms with Gasteiger partial charge in [0.05, 0.1) is 10.0 Å². The Kier molecular flexibility index (Phi) is 4.87. The monoisotopic (exact) mass is 286 g/mol. The summed E-state index contributed by atoms with van der Waals surface area (Å²) in [6.45, 7) is 2.75. The van der Waals surface area contributed by atoms with Gasteiger partial charge in [-0.3, -0.25) is 4.79 Å². The lowest BCUT2D eigenvalue weighted by molar-refractivity contribution is 0.0945. The number of carbonyl (C=O) groups is 1. The topological polar surface area (TPSA) is 41.1 Å². The molecule has 0 saturated carbocycles. The normalized spacial score (nSPS) is 19.6. The van der Waals surface area contributed by atoms with Crippen molar-refractivity contribution in [3.63, 3.8) is 0 Å². The number of rotatable bonds is 3. The second-order valence-electron chi connectivity index (χ2n) is 4.55. The largest absolute Gasteiger partial charge is 0.352 e. The van der Waals surface area contributed by atoms with Gasteiger partial charge in [-0.15, -0.1) is 0 Å². The third-order valence-corrected chi connectivity index (χ3v) is 3.87. The molecular weight excluding hydrogens is 271 g/mol. The van der Waals surface area contributed by atoms with Crippen LogP contribution in [0.5, 0.6) is 0 Å². The first-order valence-corrected chi connectivity index (χ1v) is 6.86. The molecule has 1 fully saturated rings. The Hall–Kier alpha value is -0.770. The number of hydrogen-bond acceptors (Lipinski definition) is 2. The van der Waals surface area contributed by atoms with Gasteiger partial charge in [0.1, 0.15) is 0 Å². The van der Waals surface area contributed by atoms with Gasteiger partial charge in [0, 0.05) is 12.1 Å². The minimum Gasteiger partial charge on any atom is -0.352 e. The molecule has 1 saturated heterocycles. The van der Waals surface area contributed by atoms with Crippen molar-refractivity contribution >= 4 is 29.1 Å². The summed E-state index contributed by atoms with van der Waals surface area (Å²) in [5.41, 5.74) is 0.549. The van der Waals surface area contributed by atoms with Crippen molar-refractivity contribution in [1.82, 2.24) is 10.6 Å². The quantitative estimate of drug-likeness (QED) is 0.897. The van der Waals surface area contributed by atoms with Crippen LogP contribution in [0, 0.1) is 5.92 Å². The van der Waals surface area contributed by atoms with Crippen molar-refractivity contribution in [1.29, 1.82) is 0 Å². The van der Waals surface area contributed by atoms with Crippen LogP contribution in [0.2, 0.25) is 10.0 Å². The molecule has 1 heterocycles. The standard InChI is InChI=1S/C13H16Cl2N2O/c14-11-4-3-10(6-12(11)15)13(18)17-8-9-2-1-5-16-7-9/h3-4,6,9,16H,1-2,5,7-8H2,(H,17,18). The maximum absolute atomic E-state index is 11.9. The number of halogens is 2. The molecule has 98 valence electrons. The molecule has 0 bridgehead atoms. The zero-order valence-electron chi connectivity index (χ0n) is 10.0. The van der Waals surface area contributed by atoms with Crippen molar-refractivity contribution in [3.8, 4) is 0 Å². The molecule has 0 aliphatic carbocycles. The van der Waals surface area contributed by atoms with E-state index in [1.807, 2.05) is 0 Å². The molecule has 1 aliphatic rings. The molecule has 1 aromatic rings. The minimum absolute atomic E-state index is 0.0980. The SMILES string of the molecule is O=C(NCC1CCCNC1)c1ccc(Cl)c(Cl)c1. The summed E-state index contributed by atoms with van der Waals surface area (Å²) < 4.78 is 0. The number of carbonyl (C=O) groups excluding carboxylic acids is 1. The molecular formula is C13H16Cl2N2O. The Morgan fingerprint density at radius 1 is 1.39 bits per heavy atom. The Morgan fingerprint density at radius 2 is 2.22 bits per heavy atom. The zero-order chi connectivity index (χ0) is 13.0. The maximum Gasteiger partial charge on any atom is 0.251 e. The van der Waals surface area contributed by atoms with Crippen molar-refractivity contribution in [2.45, 2.75) is 12.8 Å². The molecule has 0 aromatic heterocycles. The van der Waals surface area contributed by atoms with Crippen LogP contribution in [-0.4, -0.2) is 25.5 Å². The Bertz CT molecular complexity index is 431. The van der Waals surface area contributed by atoms with E-state index >= 15 is 0 Å². The van der Waals surface area contributed by atoms with Crippen molar-refractivity contribution < 1.29 is 4.79 Å². The van der Waals surface area contributed by atoms with E-state index < -0.39 is 0 Å². The fourth-order valence-electron chi connectivity index (χ4n) is 2.07. The van der Waals surface area contributed by atoms with Crippen molar-refractivity contribution in [2.75, 3.05) is 19.6 Å². The number of amides is 1. The Morgan fingerprint density at radius 3 is 2.89 bits per heavy atom. The third kappa shape index (κ3) is 3.61. The molecule has 1 atom stereocenters. The van der Waals surface area contributed by atoms with Gasteiger partial charge >= 0.3 is 0 Å². The van der Waals surface area contributed by atoms with E-state index in [4.69, 9.17) is 23.2 Å². The molecule has 0 spiro atoms. The van der Waals surface area contributed by atoms with Gasteiger partial charge in [0.25, 0.3) is 5.91 Å². The third-order valence-electron chi connectivity index (χ3n) is 3.13. The first-order chi connectivity index (χ1) is 8.66. The minimum atomic E-state index is -0.0980. The predicted molar refractivity (Wildman–Crippen MR) is 74.4 cm³/mol. The summed E-state index contributed by atoms with van der Waals surface area (Å²) in [7, 11) is 0. The molecule has 2 N–H and O–H groups in total. The van der Waals surface area contributed by atoms with Crippen LogP contribution in [0.15, 0.2) is 18.2 Å². The van der Waals surface area contributed by atoms with Crippen molar-refractivity contribution in [2.24, 2.45) is 5.92 Å². The van der Waals surface area contributed by atoms with E-state index in [1.165, 1.54) is 6.42 Å². The molecule has 2 rings (SSSR count). The van der Waals surface area contributed by atoms with Crippen LogP contribution in [0.25, 0.3) is 0 Å². The molecule has 0 radical (unpaired) electrons. The second-order valence-corrected chi connectivity index (χ2v) is 5.37. The van der Waals surface area contributed by atoms with Crippen LogP contribution in [0.1, 0.15) is 23.2 Å². The van der Waals surface area contributed by atoms with Crippen LogP contribution in [0.3, 0.4) is 0 Å². The van der Waals surface area contributed by atoms with Gasteiger partial charge in [-0.2, -0.15) is 0 Å². The second kappa shape index (κ2) is 6.41. The van der Waals surface area contributed by atoms with E-state index in [2.05, 4.69) is 10.6 Å². The lowest BCUT2D eigenvalue weighted by atomic mass is 10.00. The highest BCUT2D eigenvalue weighted by Gasteiger charge is 2.14. The Balaban J connectivity index is 1.88. The average Bonchev–Trinajstić information content (AvgIpc) is 2.40. The van der Waals surface area contributed by atoms with E-state index in [1.54, 1.807) is 18.2 Å². The van der Waals surface area contributed by atoms with Crippen LogP contribution in [0.4, 0.5) is 0 Å². The summed E-state index contributed by atoms with van der Waals surface area (Å²) >= 11 is 11.7. The van der Waals surface area contributed by atoms with Gasteiger partial charge in [-0.1, -0.05) is 23.2 Å². The van der Waals surface area contributed by atoms with Gasteiger partial charge < -0.3 is 10.6 Å². The average molecular weight is 287 g/mol. The summed E-state index contributed by atoms with van der Waals surface area (Å²) in [5.74, 6) is 0.421. The fraction of sp³-hybridized carbons (Fsp3) is 0.462. The summed E-state index contributed by atoms with van der Waals surface area (Å²) in [6, 6.07) is 4.92. The summed E-state index contributed by atoms with van der Waals surface area (Å²) in [4.78, 5) is 11.9. The van der Waals surface area contributed by atoms with E-state index in [-0.39, 0.29) is 5.91 Å². The smallest absolute Gasteiger partial charge is 0.251 e. The van der Waals surface area contributed by atoms with Crippen molar-refractivity contribution in [3.05, 3.63) is 33.8 Å². The molecule has 3 nitrogen and oxygen atoms in total. The molecule has 1 aliphatic heterocycles. The van der Waals surface area contributed by atoms with E-state index in [9.17, 15) is 4.79 Å². The predicted octanol–water partition coefficient (Wildman–Crippen LogP) is 2.72. The molecule has 1 aromatic carbocycles.